The van der Waals surface area contributed by atoms with Crippen molar-refractivity contribution in [3.8, 4) is 0 Å². The summed E-state index contributed by atoms with van der Waals surface area (Å²) in [6.07, 6.45) is 2.11. The third kappa shape index (κ3) is 2.13. The number of ether oxygens (including phenoxy) is 1. The van der Waals surface area contributed by atoms with Gasteiger partial charge in [-0.3, -0.25) is 9.36 Å². The molecule has 0 spiro atoms. The Balaban J connectivity index is 2.18. The zero-order chi connectivity index (χ0) is 13.4. The second-order valence-corrected chi connectivity index (χ2v) is 5.33. The van der Waals surface area contributed by atoms with E-state index in [1.54, 1.807) is 4.57 Å². The lowest BCUT2D eigenvalue weighted by Gasteiger charge is -2.21. The van der Waals surface area contributed by atoms with Gasteiger partial charge in [0.05, 0.1) is 23.0 Å². The van der Waals surface area contributed by atoms with Crippen molar-refractivity contribution in [2.24, 2.45) is 0 Å². The summed E-state index contributed by atoms with van der Waals surface area (Å²) in [5.74, 6) is 0. The molecule has 2 heterocycles. The van der Waals surface area contributed by atoms with Crippen LogP contribution in [0.1, 0.15) is 25.8 Å². The summed E-state index contributed by atoms with van der Waals surface area (Å²) in [5.41, 5.74) is 0.746. The highest BCUT2D eigenvalue weighted by atomic mass is 32.1. The second kappa shape index (κ2) is 4.90. The van der Waals surface area contributed by atoms with Crippen LogP contribution in [0.2, 0.25) is 0 Å². The minimum Gasteiger partial charge on any atom is -0.376 e. The van der Waals surface area contributed by atoms with E-state index in [1.165, 1.54) is 0 Å². The number of fused-ring (bicyclic) bond motifs is 1. The summed E-state index contributed by atoms with van der Waals surface area (Å²) < 4.78 is 7.78. The van der Waals surface area contributed by atoms with E-state index < -0.39 is 0 Å². The maximum atomic E-state index is 12.6. The molecule has 1 saturated heterocycles. The maximum Gasteiger partial charge on any atom is 0.262 e. The Morgan fingerprint density at radius 1 is 1.47 bits per heavy atom. The zero-order valence-corrected chi connectivity index (χ0v) is 11.6. The van der Waals surface area contributed by atoms with Crippen molar-refractivity contribution < 1.29 is 4.74 Å². The van der Waals surface area contributed by atoms with Gasteiger partial charge >= 0.3 is 0 Å². The largest absolute Gasteiger partial charge is 0.376 e. The standard InChI is InChI=1S/C14H16N2O2S/c1-9(12-7-4-8-18-12)16-13(17)10-5-2-3-6-11(10)15-14(16)19/h2-3,5-6,9,12H,4,7-8H2,1H3,(H,15,19)/t9-,12-/m1/s1. The van der Waals surface area contributed by atoms with E-state index in [0.717, 1.165) is 25.0 Å². The first-order chi connectivity index (χ1) is 9.18. The predicted molar refractivity (Wildman–Crippen MR) is 77.1 cm³/mol. The summed E-state index contributed by atoms with van der Waals surface area (Å²) >= 11 is 5.33. The van der Waals surface area contributed by atoms with Gasteiger partial charge in [-0.25, -0.2) is 0 Å². The van der Waals surface area contributed by atoms with Crippen LogP contribution < -0.4 is 5.56 Å². The van der Waals surface area contributed by atoms with E-state index in [9.17, 15) is 4.79 Å². The van der Waals surface area contributed by atoms with Crippen molar-refractivity contribution in [2.45, 2.75) is 31.9 Å². The van der Waals surface area contributed by atoms with E-state index in [1.807, 2.05) is 31.2 Å². The molecule has 0 bridgehead atoms. The van der Waals surface area contributed by atoms with Crippen LogP contribution in [-0.4, -0.2) is 22.3 Å². The van der Waals surface area contributed by atoms with Crippen LogP contribution in [0.3, 0.4) is 0 Å². The number of hydrogen-bond donors (Lipinski definition) is 1. The molecule has 5 heteroatoms. The van der Waals surface area contributed by atoms with Crippen LogP contribution in [0, 0.1) is 4.77 Å². The van der Waals surface area contributed by atoms with Crippen molar-refractivity contribution in [1.82, 2.24) is 9.55 Å². The van der Waals surface area contributed by atoms with E-state index in [2.05, 4.69) is 4.98 Å². The summed E-state index contributed by atoms with van der Waals surface area (Å²) in [6, 6.07) is 7.40. The average molecular weight is 276 g/mol. The molecule has 1 aliphatic heterocycles. The summed E-state index contributed by atoms with van der Waals surface area (Å²) in [6.45, 7) is 2.77. The highest BCUT2D eigenvalue weighted by molar-refractivity contribution is 7.71. The lowest BCUT2D eigenvalue weighted by molar-refractivity contribution is 0.0715. The Hall–Kier alpha value is -1.46. The molecule has 0 amide bonds. The monoisotopic (exact) mass is 276 g/mol. The van der Waals surface area contributed by atoms with Crippen molar-refractivity contribution in [2.75, 3.05) is 6.61 Å². The fraction of sp³-hybridized carbons (Fsp3) is 0.429. The van der Waals surface area contributed by atoms with Crippen molar-refractivity contribution in [1.29, 1.82) is 0 Å². The molecule has 2 aromatic rings. The van der Waals surface area contributed by atoms with Gasteiger partial charge in [0, 0.05) is 6.61 Å². The summed E-state index contributed by atoms with van der Waals surface area (Å²) in [4.78, 5) is 15.7. The average Bonchev–Trinajstić information content (AvgIpc) is 2.92. The van der Waals surface area contributed by atoms with Gasteiger partial charge in [-0.15, -0.1) is 0 Å². The molecule has 1 N–H and O–H groups in total. The smallest absolute Gasteiger partial charge is 0.262 e. The number of H-pyrrole nitrogens is 1. The number of para-hydroxylation sites is 1. The van der Waals surface area contributed by atoms with Gasteiger partial charge in [0.25, 0.3) is 5.56 Å². The molecular weight excluding hydrogens is 260 g/mol. The number of nitrogens with one attached hydrogen (secondary N) is 1. The van der Waals surface area contributed by atoms with Gasteiger partial charge in [-0.05, 0) is 44.1 Å². The van der Waals surface area contributed by atoms with Crippen molar-refractivity contribution >= 4 is 23.1 Å². The van der Waals surface area contributed by atoms with E-state index >= 15 is 0 Å². The molecular formula is C14H16N2O2S. The first kappa shape index (κ1) is 12.6. The molecule has 0 aliphatic carbocycles. The normalized spacial score (nSPS) is 20.8. The maximum absolute atomic E-state index is 12.6. The SMILES string of the molecule is C[C@H]([C@H]1CCCO1)n1c(=S)[nH]c2ccccc2c1=O. The van der Waals surface area contributed by atoms with Crippen LogP contribution >= 0.6 is 12.2 Å². The lowest BCUT2D eigenvalue weighted by Crippen LogP contribution is -2.31. The molecule has 3 rings (SSSR count). The number of hydrogen-bond acceptors (Lipinski definition) is 3. The van der Waals surface area contributed by atoms with Gasteiger partial charge in [-0.1, -0.05) is 12.1 Å². The van der Waals surface area contributed by atoms with Crippen LogP contribution in [0.15, 0.2) is 29.1 Å². The quantitative estimate of drug-likeness (QED) is 0.858. The van der Waals surface area contributed by atoms with Gasteiger partial charge in [0.15, 0.2) is 4.77 Å². The fourth-order valence-corrected chi connectivity index (χ4v) is 3.05. The molecule has 1 aliphatic rings. The van der Waals surface area contributed by atoms with E-state index in [0.29, 0.717) is 10.2 Å². The Kier molecular flexibility index (Phi) is 3.24. The Morgan fingerprint density at radius 3 is 3.00 bits per heavy atom. The lowest BCUT2D eigenvalue weighted by atomic mass is 10.1. The fourth-order valence-electron chi connectivity index (χ4n) is 2.70. The van der Waals surface area contributed by atoms with Crippen LogP contribution in [0.25, 0.3) is 10.9 Å². The Bertz CT molecular complexity index is 713. The zero-order valence-electron chi connectivity index (χ0n) is 10.8. The predicted octanol–water partition coefficient (Wildman–Crippen LogP) is 2.80. The molecule has 0 radical (unpaired) electrons. The highest BCUT2D eigenvalue weighted by Crippen LogP contribution is 2.23. The molecule has 1 aromatic heterocycles. The molecule has 2 atom stereocenters. The second-order valence-electron chi connectivity index (χ2n) is 4.94. The highest BCUT2D eigenvalue weighted by Gasteiger charge is 2.25. The van der Waals surface area contributed by atoms with Crippen LogP contribution in [0.4, 0.5) is 0 Å². The first-order valence-electron chi connectivity index (χ1n) is 6.53. The van der Waals surface area contributed by atoms with Crippen molar-refractivity contribution in [3.63, 3.8) is 0 Å². The number of rotatable bonds is 2. The molecule has 0 unspecified atom stereocenters. The molecule has 1 aromatic carbocycles. The summed E-state index contributed by atoms with van der Waals surface area (Å²) in [7, 11) is 0. The topological polar surface area (TPSA) is 47.0 Å². The van der Waals surface area contributed by atoms with Crippen LogP contribution in [-0.2, 0) is 4.74 Å². The first-order valence-corrected chi connectivity index (χ1v) is 6.94. The Morgan fingerprint density at radius 2 is 2.26 bits per heavy atom. The molecule has 0 saturated carbocycles. The van der Waals surface area contributed by atoms with Gasteiger partial charge < -0.3 is 9.72 Å². The Labute approximate surface area is 116 Å². The van der Waals surface area contributed by atoms with E-state index in [4.69, 9.17) is 17.0 Å². The molecule has 100 valence electrons. The van der Waals surface area contributed by atoms with E-state index in [-0.39, 0.29) is 17.7 Å². The van der Waals surface area contributed by atoms with Crippen LogP contribution in [0.5, 0.6) is 0 Å². The van der Waals surface area contributed by atoms with Crippen molar-refractivity contribution in [3.05, 3.63) is 39.4 Å². The molecule has 1 fully saturated rings. The number of aromatic amines is 1. The molecule has 4 nitrogen and oxygen atoms in total. The minimum atomic E-state index is -0.0395. The third-order valence-corrected chi connectivity index (χ3v) is 4.05. The van der Waals surface area contributed by atoms with Gasteiger partial charge in [0.2, 0.25) is 0 Å². The number of benzene rings is 1. The minimum absolute atomic E-state index is 0.0386. The summed E-state index contributed by atoms with van der Waals surface area (Å²) in [5, 5.41) is 0.668. The molecule has 19 heavy (non-hydrogen) atoms. The third-order valence-electron chi connectivity index (χ3n) is 3.75. The van der Waals surface area contributed by atoms with Gasteiger partial charge in [0.1, 0.15) is 0 Å². The number of nitrogens with zero attached hydrogens (tertiary/aromatic N) is 1. The number of aromatic nitrogens is 2. The van der Waals surface area contributed by atoms with Gasteiger partial charge in [-0.2, -0.15) is 0 Å².